The molecule has 1 amide bonds. The summed E-state index contributed by atoms with van der Waals surface area (Å²) >= 11 is 0. The Labute approximate surface area is 82.0 Å². The second-order valence-electron chi connectivity index (χ2n) is 3.03. The molecular formula is C9H13N3O2. The third-order valence-electron chi connectivity index (χ3n) is 1.63. The van der Waals surface area contributed by atoms with Crippen molar-refractivity contribution in [1.82, 2.24) is 4.98 Å². The summed E-state index contributed by atoms with van der Waals surface area (Å²) in [7, 11) is 0. The summed E-state index contributed by atoms with van der Waals surface area (Å²) in [5, 5.41) is 11.9. The van der Waals surface area contributed by atoms with Crippen LogP contribution in [0.5, 0.6) is 0 Å². The highest BCUT2D eigenvalue weighted by Crippen LogP contribution is 2.04. The van der Waals surface area contributed by atoms with Crippen LogP contribution in [0.1, 0.15) is 17.3 Å². The molecule has 0 aliphatic heterocycles. The van der Waals surface area contributed by atoms with Crippen molar-refractivity contribution in [2.75, 3.05) is 11.9 Å². The van der Waals surface area contributed by atoms with Crippen LogP contribution in [0.3, 0.4) is 0 Å². The summed E-state index contributed by atoms with van der Waals surface area (Å²) in [6, 6.07) is 3.22. The fourth-order valence-electron chi connectivity index (χ4n) is 0.896. The Hall–Kier alpha value is -1.62. The van der Waals surface area contributed by atoms with Crippen LogP contribution < -0.4 is 11.1 Å². The quantitative estimate of drug-likeness (QED) is 0.629. The smallest absolute Gasteiger partial charge is 0.250 e. The van der Waals surface area contributed by atoms with Gasteiger partial charge < -0.3 is 16.2 Å². The number of aromatic nitrogens is 1. The van der Waals surface area contributed by atoms with Crippen LogP contribution in [-0.4, -0.2) is 28.6 Å². The van der Waals surface area contributed by atoms with E-state index in [-0.39, 0.29) is 0 Å². The lowest BCUT2D eigenvalue weighted by atomic mass is 10.3. The molecule has 4 N–H and O–H groups in total. The highest BCUT2D eigenvalue weighted by atomic mass is 16.3. The minimum Gasteiger partial charge on any atom is -0.392 e. The highest BCUT2D eigenvalue weighted by Gasteiger charge is 2.01. The number of hydrogen-bond donors (Lipinski definition) is 3. The largest absolute Gasteiger partial charge is 0.392 e. The van der Waals surface area contributed by atoms with Crippen LogP contribution in [0.4, 0.5) is 5.82 Å². The van der Waals surface area contributed by atoms with Gasteiger partial charge in [0.2, 0.25) is 5.91 Å². The lowest BCUT2D eigenvalue weighted by molar-refractivity contribution is 0.1000. The molecule has 0 bridgehead atoms. The fourth-order valence-corrected chi connectivity index (χ4v) is 0.896. The monoisotopic (exact) mass is 195 g/mol. The van der Waals surface area contributed by atoms with E-state index in [4.69, 9.17) is 10.8 Å². The van der Waals surface area contributed by atoms with Gasteiger partial charge in [-0.25, -0.2) is 4.98 Å². The molecule has 1 aromatic rings. The summed E-state index contributed by atoms with van der Waals surface area (Å²) in [5.41, 5.74) is 5.41. The van der Waals surface area contributed by atoms with E-state index < -0.39 is 12.0 Å². The number of carbonyl (C=O) groups excluding carboxylic acids is 1. The van der Waals surface area contributed by atoms with Gasteiger partial charge in [0, 0.05) is 12.7 Å². The normalized spacial score (nSPS) is 12.1. The van der Waals surface area contributed by atoms with Crippen LogP contribution >= 0.6 is 0 Å². The summed E-state index contributed by atoms with van der Waals surface area (Å²) < 4.78 is 0. The van der Waals surface area contributed by atoms with Gasteiger partial charge in [-0.2, -0.15) is 0 Å². The van der Waals surface area contributed by atoms with Gasteiger partial charge in [0.05, 0.1) is 11.7 Å². The Balaban J connectivity index is 2.60. The van der Waals surface area contributed by atoms with Crippen LogP contribution in [0, 0.1) is 0 Å². The Morgan fingerprint density at radius 3 is 2.86 bits per heavy atom. The Kier molecular flexibility index (Phi) is 3.41. The topological polar surface area (TPSA) is 88.2 Å². The average molecular weight is 195 g/mol. The van der Waals surface area contributed by atoms with Gasteiger partial charge >= 0.3 is 0 Å². The summed E-state index contributed by atoms with van der Waals surface area (Å²) in [5.74, 6) is 0.107. The Morgan fingerprint density at radius 1 is 1.71 bits per heavy atom. The third kappa shape index (κ3) is 3.02. The van der Waals surface area contributed by atoms with E-state index in [0.29, 0.717) is 17.9 Å². The number of hydrogen-bond acceptors (Lipinski definition) is 4. The zero-order valence-electron chi connectivity index (χ0n) is 7.90. The molecule has 0 radical (unpaired) electrons. The summed E-state index contributed by atoms with van der Waals surface area (Å²) in [6.45, 7) is 2.09. The molecule has 0 saturated heterocycles. The van der Waals surface area contributed by atoms with Crippen LogP contribution in [0.2, 0.25) is 0 Å². The van der Waals surface area contributed by atoms with Crippen molar-refractivity contribution in [3.63, 3.8) is 0 Å². The number of nitrogens with two attached hydrogens (primary N) is 1. The van der Waals surface area contributed by atoms with E-state index in [9.17, 15) is 4.79 Å². The number of aliphatic hydroxyl groups excluding tert-OH is 1. The molecule has 0 aliphatic rings. The first-order valence-corrected chi connectivity index (χ1v) is 4.27. The van der Waals surface area contributed by atoms with Gasteiger partial charge in [-0.15, -0.1) is 0 Å². The number of nitrogens with zero attached hydrogens (tertiary/aromatic N) is 1. The fraction of sp³-hybridized carbons (Fsp3) is 0.333. The van der Waals surface area contributed by atoms with Gasteiger partial charge in [0.15, 0.2) is 0 Å². The zero-order chi connectivity index (χ0) is 10.6. The predicted molar refractivity (Wildman–Crippen MR) is 52.9 cm³/mol. The molecule has 1 atom stereocenters. The van der Waals surface area contributed by atoms with Crippen molar-refractivity contribution < 1.29 is 9.90 Å². The summed E-state index contributed by atoms with van der Waals surface area (Å²) in [6.07, 6.45) is 0.958. The number of aliphatic hydroxyl groups is 1. The van der Waals surface area contributed by atoms with Crippen molar-refractivity contribution in [3.05, 3.63) is 23.9 Å². The van der Waals surface area contributed by atoms with Crippen molar-refractivity contribution in [2.24, 2.45) is 5.73 Å². The van der Waals surface area contributed by atoms with E-state index in [1.165, 1.54) is 6.20 Å². The number of rotatable bonds is 4. The minimum absolute atomic E-state index is 0.368. The molecule has 0 aliphatic carbocycles. The first-order chi connectivity index (χ1) is 6.59. The number of carbonyl (C=O) groups is 1. The van der Waals surface area contributed by atoms with Gasteiger partial charge in [0.1, 0.15) is 5.82 Å². The molecule has 5 heteroatoms. The first-order valence-electron chi connectivity index (χ1n) is 4.27. The van der Waals surface area contributed by atoms with Gasteiger partial charge in [-0.05, 0) is 19.1 Å². The van der Waals surface area contributed by atoms with E-state index in [0.717, 1.165) is 0 Å². The average Bonchev–Trinajstić information content (AvgIpc) is 2.15. The van der Waals surface area contributed by atoms with Gasteiger partial charge in [-0.3, -0.25) is 4.79 Å². The number of pyridine rings is 1. The minimum atomic E-state index is -0.500. The molecule has 0 aromatic carbocycles. The van der Waals surface area contributed by atoms with Crippen molar-refractivity contribution in [1.29, 1.82) is 0 Å². The van der Waals surface area contributed by atoms with Crippen LogP contribution in [0.15, 0.2) is 18.3 Å². The molecule has 1 unspecified atom stereocenters. The molecule has 76 valence electrons. The summed E-state index contributed by atoms with van der Waals surface area (Å²) in [4.78, 5) is 14.6. The van der Waals surface area contributed by atoms with Crippen LogP contribution in [0.25, 0.3) is 0 Å². The van der Waals surface area contributed by atoms with E-state index in [2.05, 4.69) is 10.3 Å². The van der Waals surface area contributed by atoms with Crippen molar-refractivity contribution in [3.8, 4) is 0 Å². The van der Waals surface area contributed by atoms with Gasteiger partial charge in [0.25, 0.3) is 0 Å². The molecule has 1 aromatic heterocycles. The zero-order valence-corrected chi connectivity index (χ0v) is 7.90. The third-order valence-corrected chi connectivity index (χ3v) is 1.63. The molecule has 5 nitrogen and oxygen atoms in total. The first kappa shape index (κ1) is 10.5. The SMILES string of the molecule is CC(O)CNc1ccc(C(N)=O)cn1. The van der Waals surface area contributed by atoms with Crippen LogP contribution in [-0.2, 0) is 0 Å². The molecule has 0 saturated carbocycles. The number of anilines is 1. The van der Waals surface area contributed by atoms with Crippen molar-refractivity contribution in [2.45, 2.75) is 13.0 Å². The highest BCUT2D eigenvalue weighted by molar-refractivity contribution is 5.92. The molecule has 14 heavy (non-hydrogen) atoms. The maximum absolute atomic E-state index is 10.7. The number of primary amides is 1. The maximum atomic E-state index is 10.7. The van der Waals surface area contributed by atoms with Gasteiger partial charge in [-0.1, -0.05) is 0 Å². The van der Waals surface area contributed by atoms with E-state index in [1.807, 2.05) is 0 Å². The Morgan fingerprint density at radius 2 is 2.43 bits per heavy atom. The molecule has 1 rings (SSSR count). The second kappa shape index (κ2) is 4.57. The van der Waals surface area contributed by atoms with E-state index >= 15 is 0 Å². The molecule has 0 spiro atoms. The molecular weight excluding hydrogens is 182 g/mol. The lowest BCUT2D eigenvalue weighted by Crippen LogP contribution is -2.16. The molecule has 1 heterocycles. The standard InChI is InChI=1S/C9H13N3O2/c1-6(13)4-11-8-3-2-7(5-12-8)9(10)14/h2-3,5-6,13H,4H2,1H3,(H2,10,14)(H,11,12). The molecule has 0 fully saturated rings. The number of nitrogens with one attached hydrogen (secondary N) is 1. The van der Waals surface area contributed by atoms with E-state index in [1.54, 1.807) is 19.1 Å². The maximum Gasteiger partial charge on any atom is 0.250 e. The predicted octanol–water partition coefficient (Wildman–Crippen LogP) is -0.0268. The van der Waals surface area contributed by atoms with Crippen molar-refractivity contribution >= 4 is 11.7 Å². The second-order valence-corrected chi connectivity index (χ2v) is 3.03. The lowest BCUT2D eigenvalue weighted by Gasteiger charge is -2.07. The Bertz CT molecular complexity index is 308. The number of amides is 1.